The van der Waals surface area contributed by atoms with Crippen molar-refractivity contribution in [1.29, 1.82) is 5.26 Å². The molecular formula is C14H19N3. The SMILES string of the molecule is CC1(C)C(CNc2cnccc2C#N)C1(C)C. The molecule has 3 nitrogen and oxygen atoms in total. The molecule has 90 valence electrons. The molecule has 0 aliphatic heterocycles. The van der Waals surface area contributed by atoms with Gasteiger partial charge in [0, 0.05) is 12.7 Å². The highest BCUT2D eigenvalue weighted by molar-refractivity contribution is 5.55. The molecule has 2 rings (SSSR count). The molecule has 0 aromatic carbocycles. The first-order valence-electron chi connectivity index (χ1n) is 5.99. The lowest BCUT2D eigenvalue weighted by Crippen LogP contribution is -2.09. The number of aromatic nitrogens is 1. The van der Waals surface area contributed by atoms with Crippen molar-refractivity contribution in [2.45, 2.75) is 27.7 Å². The Labute approximate surface area is 103 Å². The van der Waals surface area contributed by atoms with E-state index >= 15 is 0 Å². The van der Waals surface area contributed by atoms with Crippen LogP contribution in [0.2, 0.25) is 0 Å². The maximum absolute atomic E-state index is 8.99. The maximum atomic E-state index is 8.99. The molecule has 0 amide bonds. The summed E-state index contributed by atoms with van der Waals surface area (Å²) in [5, 5.41) is 12.3. The summed E-state index contributed by atoms with van der Waals surface area (Å²) < 4.78 is 0. The standard InChI is InChI=1S/C14H19N3/c1-13(2)12(14(13,3)4)9-17-11-8-16-6-5-10(11)7-15/h5-6,8,12,17H,9H2,1-4H3. The Morgan fingerprint density at radius 3 is 2.53 bits per heavy atom. The quantitative estimate of drug-likeness (QED) is 0.866. The fourth-order valence-corrected chi connectivity index (χ4v) is 2.69. The molecule has 0 radical (unpaired) electrons. The third-order valence-corrected chi connectivity index (χ3v) is 4.76. The average molecular weight is 229 g/mol. The van der Waals surface area contributed by atoms with E-state index in [1.54, 1.807) is 18.5 Å². The van der Waals surface area contributed by atoms with E-state index in [0.29, 0.717) is 22.3 Å². The Morgan fingerprint density at radius 2 is 2.00 bits per heavy atom. The van der Waals surface area contributed by atoms with E-state index in [4.69, 9.17) is 5.26 Å². The van der Waals surface area contributed by atoms with Gasteiger partial charge in [0.1, 0.15) is 6.07 Å². The van der Waals surface area contributed by atoms with Gasteiger partial charge in [-0.2, -0.15) is 5.26 Å². The molecule has 1 fully saturated rings. The highest BCUT2D eigenvalue weighted by Crippen LogP contribution is 2.68. The zero-order valence-corrected chi connectivity index (χ0v) is 10.9. The van der Waals surface area contributed by atoms with Gasteiger partial charge in [0.15, 0.2) is 0 Å². The van der Waals surface area contributed by atoms with Crippen molar-refractivity contribution in [2.75, 3.05) is 11.9 Å². The number of anilines is 1. The molecule has 3 heteroatoms. The van der Waals surface area contributed by atoms with Crippen molar-refractivity contribution in [3.63, 3.8) is 0 Å². The molecule has 1 heterocycles. The van der Waals surface area contributed by atoms with Crippen LogP contribution in [-0.2, 0) is 0 Å². The number of hydrogen-bond donors (Lipinski definition) is 1. The molecule has 1 N–H and O–H groups in total. The summed E-state index contributed by atoms with van der Waals surface area (Å²) in [4.78, 5) is 4.05. The van der Waals surface area contributed by atoms with Crippen molar-refractivity contribution in [3.05, 3.63) is 24.0 Å². The van der Waals surface area contributed by atoms with E-state index < -0.39 is 0 Å². The number of rotatable bonds is 3. The van der Waals surface area contributed by atoms with Gasteiger partial charge in [-0.05, 0) is 22.8 Å². The zero-order chi connectivity index (χ0) is 12.7. The van der Waals surface area contributed by atoms with Gasteiger partial charge in [0.2, 0.25) is 0 Å². The predicted molar refractivity (Wildman–Crippen MR) is 68.5 cm³/mol. The minimum Gasteiger partial charge on any atom is -0.382 e. The second-order valence-corrected chi connectivity index (χ2v) is 5.91. The van der Waals surface area contributed by atoms with Crippen LogP contribution in [-0.4, -0.2) is 11.5 Å². The van der Waals surface area contributed by atoms with Crippen LogP contribution in [0.25, 0.3) is 0 Å². The number of nitrogens with zero attached hydrogens (tertiary/aromatic N) is 2. The summed E-state index contributed by atoms with van der Waals surface area (Å²) >= 11 is 0. The Hall–Kier alpha value is -1.56. The van der Waals surface area contributed by atoms with Crippen molar-refractivity contribution >= 4 is 5.69 Å². The molecule has 0 unspecified atom stereocenters. The Balaban J connectivity index is 2.04. The van der Waals surface area contributed by atoms with E-state index in [9.17, 15) is 0 Å². The summed E-state index contributed by atoms with van der Waals surface area (Å²) in [6, 6.07) is 3.92. The fraction of sp³-hybridized carbons (Fsp3) is 0.571. The van der Waals surface area contributed by atoms with Gasteiger partial charge in [-0.1, -0.05) is 27.7 Å². The number of nitrogens with one attached hydrogen (secondary N) is 1. The smallest absolute Gasteiger partial charge is 0.101 e. The molecule has 0 spiro atoms. The summed E-state index contributed by atoms with van der Waals surface area (Å²) in [6.45, 7) is 10.1. The van der Waals surface area contributed by atoms with E-state index in [1.165, 1.54) is 0 Å². The molecular weight excluding hydrogens is 210 g/mol. The molecule has 1 aliphatic rings. The maximum Gasteiger partial charge on any atom is 0.101 e. The molecule has 17 heavy (non-hydrogen) atoms. The lowest BCUT2D eigenvalue weighted by molar-refractivity contribution is 0.457. The van der Waals surface area contributed by atoms with Gasteiger partial charge in [-0.15, -0.1) is 0 Å². The largest absolute Gasteiger partial charge is 0.382 e. The van der Waals surface area contributed by atoms with Crippen molar-refractivity contribution in [1.82, 2.24) is 4.98 Å². The minimum atomic E-state index is 0.370. The van der Waals surface area contributed by atoms with Crippen LogP contribution in [0.5, 0.6) is 0 Å². The van der Waals surface area contributed by atoms with Crippen molar-refractivity contribution in [3.8, 4) is 6.07 Å². The normalized spacial score (nSPS) is 20.6. The molecule has 0 bridgehead atoms. The zero-order valence-electron chi connectivity index (χ0n) is 10.9. The monoisotopic (exact) mass is 229 g/mol. The van der Waals surface area contributed by atoms with E-state index in [2.05, 4.69) is 44.1 Å². The first kappa shape index (κ1) is 11.9. The summed E-state index contributed by atoms with van der Waals surface area (Å²) in [5.74, 6) is 0.641. The van der Waals surface area contributed by atoms with Gasteiger partial charge in [0.05, 0.1) is 17.4 Å². The van der Waals surface area contributed by atoms with Crippen LogP contribution in [0.4, 0.5) is 5.69 Å². The van der Waals surface area contributed by atoms with Gasteiger partial charge < -0.3 is 5.32 Å². The second-order valence-electron chi connectivity index (χ2n) is 5.91. The number of pyridine rings is 1. The van der Waals surface area contributed by atoms with E-state index in [1.807, 2.05) is 0 Å². The number of hydrogen-bond acceptors (Lipinski definition) is 3. The van der Waals surface area contributed by atoms with Crippen LogP contribution in [0.1, 0.15) is 33.3 Å². The molecule has 1 aromatic rings. The summed E-state index contributed by atoms with van der Waals surface area (Å²) in [6.07, 6.45) is 3.37. The highest BCUT2D eigenvalue weighted by Gasteiger charge is 2.64. The molecule has 1 aliphatic carbocycles. The van der Waals surface area contributed by atoms with Crippen LogP contribution in [0.15, 0.2) is 18.5 Å². The van der Waals surface area contributed by atoms with Gasteiger partial charge in [-0.3, -0.25) is 4.98 Å². The Bertz CT molecular complexity index is 455. The third-order valence-electron chi connectivity index (χ3n) is 4.76. The first-order chi connectivity index (χ1) is 7.91. The lowest BCUT2D eigenvalue weighted by atomic mass is 10.0. The lowest BCUT2D eigenvalue weighted by Gasteiger charge is -2.08. The Kier molecular flexibility index (Phi) is 2.61. The molecule has 1 aromatic heterocycles. The summed E-state index contributed by atoms with van der Waals surface area (Å²) in [5.41, 5.74) is 2.24. The van der Waals surface area contributed by atoms with Crippen LogP contribution < -0.4 is 5.32 Å². The average Bonchev–Trinajstić information content (AvgIpc) is 2.67. The van der Waals surface area contributed by atoms with Crippen LogP contribution >= 0.6 is 0 Å². The summed E-state index contributed by atoms with van der Waals surface area (Å²) in [7, 11) is 0. The topological polar surface area (TPSA) is 48.7 Å². The second kappa shape index (κ2) is 3.73. The predicted octanol–water partition coefficient (Wildman–Crippen LogP) is 3.05. The van der Waals surface area contributed by atoms with Gasteiger partial charge >= 0.3 is 0 Å². The van der Waals surface area contributed by atoms with E-state index in [0.717, 1.165) is 12.2 Å². The van der Waals surface area contributed by atoms with Crippen LogP contribution in [0, 0.1) is 28.1 Å². The minimum absolute atomic E-state index is 0.370. The third kappa shape index (κ3) is 1.78. The first-order valence-corrected chi connectivity index (χ1v) is 5.99. The fourth-order valence-electron chi connectivity index (χ4n) is 2.69. The number of nitriles is 1. The van der Waals surface area contributed by atoms with Crippen molar-refractivity contribution < 1.29 is 0 Å². The molecule has 1 saturated carbocycles. The van der Waals surface area contributed by atoms with Gasteiger partial charge in [-0.25, -0.2) is 0 Å². The van der Waals surface area contributed by atoms with Gasteiger partial charge in [0.25, 0.3) is 0 Å². The molecule has 0 saturated heterocycles. The Morgan fingerprint density at radius 1 is 1.35 bits per heavy atom. The van der Waals surface area contributed by atoms with Crippen LogP contribution in [0.3, 0.4) is 0 Å². The van der Waals surface area contributed by atoms with E-state index in [-0.39, 0.29) is 0 Å². The van der Waals surface area contributed by atoms with Crippen molar-refractivity contribution in [2.24, 2.45) is 16.7 Å². The highest BCUT2D eigenvalue weighted by atomic mass is 14.9. The molecule has 0 atom stereocenters.